The van der Waals surface area contributed by atoms with Crippen LogP contribution in [0.3, 0.4) is 0 Å². The highest BCUT2D eigenvalue weighted by Gasteiger charge is 1.97. The summed E-state index contributed by atoms with van der Waals surface area (Å²) in [5.41, 5.74) is 0.811. The third kappa shape index (κ3) is 3.11. The molecular formula is C13H13N3O. The summed E-state index contributed by atoms with van der Waals surface area (Å²) in [5.74, 6) is 1.52. The summed E-state index contributed by atoms with van der Waals surface area (Å²) in [6.45, 7) is 0. The predicted molar refractivity (Wildman–Crippen MR) is 66.9 cm³/mol. The number of nitrogens with zero attached hydrogens (tertiary/aromatic N) is 3. The van der Waals surface area contributed by atoms with Crippen molar-refractivity contribution in [3.8, 4) is 5.75 Å². The van der Waals surface area contributed by atoms with E-state index in [1.807, 2.05) is 24.3 Å². The molecule has 0 aliphatic heterocycles. The molecule has 2 aromatic rings. The van der Waals surface area contributed by atoms with Crippen LogP contribution in [0.2, 0.25) is 0 Å². The lowest BCUT2D eigenvalue weighted by Crippen LogP contribution is -1.93. The summed E-state index contributed by atoms with van der Waals surface area (Å²) < 4.78 is 5.20. The fraction of sp³-hybridized carbons (Fsp3) is 0.154. The molecule has 0 spiro atoms. The topological polar surface area (TPSA) is 47.4 Å². The first-order chi connectivity index (χ1) is 8.40. The van der Waals surface area contributed by atoms with Crippen LogP contribution in [0.1, 0.15) is 5.82 Å². The van der Waals surface area contributed by atoms with Crippen molar-refractivity contribution in [1.29, 1.82) is 0 Å². The maximum absolute atomic E-state index is 5.20. The number of aliphatic imine (C=N–C) groups is 1. The number of hydrogen-bond donors (Lipinski definition) is 0. The molecule has 0 aliphatic carbocycles. The maximum Gasteiger partial charge on any atom is 0.144 e. The Morgan fingerprint density at radius 1 is 1.18 bits per heavy atom. The van der Waals surface area contributed by atoms with E-state index < -0.39 is 0 Å². The number of aromatic nitrogens is 2. The minimum absolute atomic E-state index is 0.610. The van der Waals surface area contributed by atoms with E-state index in [-0.39, 0.29) is 0 Å². The minimum Gasteiger partial charge on any atom is -0.494 e. The van der Waals surface area contributed by atoms with Gasteiger partial charge in [0.25, 0.3) is 0 Å². The molecule has 1 aromatic heterocycles. The zero-order valence-electron chi connectivity index (χ0n) is 9.58. The zero-order chi connectivity index (χ0) is 11.9. The van der Waals surface area contributed by atoms with Crippen LogP contribution in [0.15, 0.2) is 47.7 Å². The largest absolute Gasteiger partial charge is 0.494 e. The first kappa shape index (κ1) is 11.3. The molecule has 0 radical (unpaired) electrons. The van der Waals surface area contributed by atoms with E-state index in [4.69, 9.17) is 4.74 Å². The van der Waals surface area contributed by atoms with Crippen LogP contribution in [0.5, 0.6) is 5.75 Å². The lowest BCUT2D eigenvalue weighted by molar-refractivity contribution is 0.416. The summed E-state index contributed by atoms with van der Waals surface area (Å²) in [4.78, 5) is 12.6. The van der Waals surface area contributed by atoms with Gasteiger partial charge in [0, 0.05) is 25.0 Å². The van der Waals surface area contributed by atoms with E-state index in [1.54, 1.807) is 31.8 Å². The van der Waals surface area contributed by atoms with Crippen molar-refractivity contribution < 1.29 is 4.74 Å². The molecule has 0 fully saturated rings. The molecule has 0 saturated heterocycles. The molecule has 86 valence electrons. The average molecular weight is 227 g/mol. The van der Waals surface area contributed by atoms with Crippen molar-refractivity contribution in [1.82, 2.24) is 9.97 Å². The molecule has 0 amide bonds. The normalized spacial score (nSPS) is 10.6. The van der Waals surface area contributed by atoms with Crippen LogP contribution < -0.4 is 4.74 Å². The van der Waals surface area contributed by atoms with Gasteiger partial charge in [-0.25, -0.2) is 9.97 Å². The van der Waals surface area contributed by atoms with Gasteiger partial charge in [0.05, 0.1) is 7.11 Å². The smallest absolute Gasteiger partial charge is 0.144 e. The van der Waals surface area contributed by atoms with Crippen LogP contribution in [0.25, 0.3) is 0 Å². The highest BCUT2D eigenvalue weighted by molar-refractivity contribution is 5.67. The first-order valence-electron chi connectivity index (χ1n) is 5.31. The Balaban J connectivity index is 2.06. The maximum atomic E-state index is 5.20. The molecule has 1 heterocycles. The number of methoxy groups -OCH3 is 1. The van der Waals surface area contributed by atoms with E-state index >= 15 is 0 Å². The molecule has 1 aromatic carbocycles. The highest BCUT2D eigenvalue weighted by Crippen LogP contribution is 2.25. The van der Waals surface area contributed by atoms with E-state index in [0.29, 0.717) is 6.42 Å². The zero-order valence-corrected chi connectivity index (χ0v) is 9.58. The average Bonchev–Trinajstić information content (AvgIpc) is 2.40. The Morgan fingerprint density at radius 2 is 1.94 bits per heavy atom. The van der Waals surface area contributed by atoms with Crippen molar-refractivity contribution in [2.45, 2.75) is 6.42 Å². The highest BCUT2D eigenvalue weighted by atomic mass is 16.5. The van der Waals surface area contributed by atoms with Crippen molar-refractivity contribution in [3.63, 3.8) is 0 Å². The van der Waals surface area contributed by atoms with Gasteiger partial charge >= 0.3 is 0 Å². The molecular weight excluding hydrogens is 214 g/mol. The predicted octanol–water partition coefficient (Wildman–Crippen LogP) is 2.43. The monoisotopic (exact) mass is 227 g/mol. The van der Waals surface area contributed by atoms with Gasteiger partial charge in [-0.15, -0.1) is 0 Å². The van der Waals surface area contributed by atoms with Crippen LogP contribution in [-0.2, 0) is 6.42 Å². The van der Waals surface area contributed by atoms with Gasteiger partial charge in [-0.1, -0.05) is 12.1 Å². The van der Waals surface area contributed by atoms with Crippen molar-refractivity contribution in [3.05, 3.63) is 48.5 Å². The lowest BCUT2D eigenvalue weighted by Gasteiger charge is -2.02. The van der Waals surface area contributed by atoms with E-state index in [2.05, 4.69) is 15.0 Å². The number of para-hydroxylation sites is 2. The van der Waals surface area contributed by atoms with Gasteiger partial charge in [-0.3, -0.25) is 4.99 Å². The summed E-state index contributed by atoms with van der Waals surface area (Å²) in [7, 11) is 1.63. The van der Waals surface area contributed by atoms with E-state index in [0.717, 1.165) is 17.3 Å². The fourth-order valence-corrected chi connectivity index (χ4v) is 1.40. The number of ether oxygens (including phenoxy) is 1. The van der Waals surface area contributed by atoms with Gasteiger partial charge in [0.2, 0.25) is 0 Å². The Bertz CT molecular complexity index is 497. The Labute approximate surface area is 100 Å². The van der Waals surface area contributed by atoms with Crippen molar-refractivity contribution in [2.75, 3.05) is 7.11 Å². The molecule has 0 aliphatic rings. The van der Waals surface area contributed by atoms with E-state index in [9.17, 15) is 0 Å². The third-order valence-electron chi connectivity index (χ3n) is 2.21. The van der Waals surface area contributed by atoms with Crippen LogP contribution in [0, 0.1) is 0 Å². The Hall–Kier alpha value is -2.23. The van der Waals surface area contributed by atoms with Gasteiger partial charge in [-0.2, -0.15) is 0 Å². The van der Waals surface area contributed by atoms with Crippen molar-refractivity contribution >= 4 is 11.9 Å². The van der Waals surface area contributed by atoms with Crippen LogP contribution in [0.4, 0.5) is 5.69 Å². The van der Waals surface area contributed by atoms with Gasteiger partial charge in [0.15, 0.2) is 0 Å². The third-order valence-corrected chi connectivity index (χ3v) is 2.21. The van der Waals surface area contributed by atoms with Gasteiger partial charge in [0.1, 0.15) is 17.3 Å². The molecule has 0 atom stereocenters. The first-order valence-corrected chi connectivity index (χ1v) is 5.31. The summed E-state index contributed by atoms with van der Waals surface area (Å²) >= 11 is 0. The second-order valence-corrected chi connectivity index (χ2v) is 3.35. The molecule has 4 heteroatoms. The second-order valence-electron chi connectivity index (χ2n) is 3.35. The molecule has 0 bridgehead atoms. The fourth-order valence-electron chi connectivity index (χ4n) is 1.40. The number of hydrogen-bond acceptors (Lipinski definition) is 4. The van der Waals surface area contributed by atoms with Crippen molar-refractivity contribution in [2.24, 2.45) is 4.99 Å². The summed E-state index contributed by atoms with van der Waals surface area (Å²) in [6.07, 6.45) is 5.84. The second kappa shape index (κ2) is 5.75. The Morgan fingerprint density at radius 3 is 2.71 bits per heavy atom. The minimum atomic E-state index is 0.610. The molecule has 4 nitrogen and oxygen atoms in total. The molecule has 0 N–H and O–H groups in total. The quantitative estimate of drug-likeness (QED) is 0.754. The van der Waals surface area contributed by atoms with Gasteiger partial charge < -0.3 is 4.74 Å². The molecule has 0 unspecified atom stereocenters. The summed E-state index contributed by atoms with van der Waals surface area (Å²) in [6, 6.07) is 9.42. The van der Waals surface area contributed by atoms with E-state index in [1.165, 1.54) is 0 Å². The number of rotatable bonds is 4. The molecule has 17 heavy (non-hydrogen) atoms. The Kier molecular flexibility index (Phi) is 3.81. The lowest BCUT2D eigenvalue weighted by atomic mass is 10.3. The SMILES string of the molecule is COc1ccccc1N=CCc1ncccn1. The summed E-state index contributed by atoms with van der Waals surface area (Å²) in [5, 5.41) is 0. The molecule has 0 saturated carbocycles. The standard InChI is InChI=1S/C13H13N3O/c1-17-12-6-3-2-5-11(12)14-10-7-13-15-8-4-9-16-13/h2-6,8-10H,7H2,1H3. The van der Waals surface area contributed by atoms with Crippen LogP contribution >= 0.6 is 0 Å². The number of benzene rings is 1. The van der Waals surface area contributed by atoms with Gasteiger partial charge in [-0.05, 0) is 18.2 Å². The molecule has 2 rings (SSSR count). The van der Waals surface area contributed by atoms with Crippen LogP contribution in [-0.4, -0.2) is 23.3 Å².